The monoisotopic (exact) mass is 376 g/mol. The number of carbonyl (C=O) groups excluding carboxylic acids is 1. The summed E-state index contributed by atoms with van der Waals surface area (Å²) in [6, 6.07) is 3.73. The Morgan fingerprint density at radius 2 is 1.89 bits per heavy atom. The van der Waals surface area contributed by atoms with Crippen LogP contribution >= 0.6 is 0 Å². The summed E-state index contributed by atoms with van der Waals surface area (Å²) >= 11 is 0. The van der Waals surface area contributed by atoms with Gasteiger partial charge in [-0.2, -0.15) is 5.10 Å². The van der Waals surface area contributed by atoms with Crippen LogP contribution in [0, 0.1) is 18.6 Å². The van der Waals surface area contributed by atoms with Crippen LogP contribution in [-0.4, -0.2) is 39.7 Å². The minimum Gasteiger partial charge on any atom is -0.349 e. The Balaban J connectivity index is 1.51. The van der Waals surface area contributed by atoms with E-state index in [1.807, 2.05) is 17.8 Å². The van der Waals surface area contributed by atoms with Crippen molar-refractivity contribution in [2.75, 3.05) is 13.1 Å². The maximum absolute atomic E-state index is 13.3. The number of hydrogen-bond donors (Lipinski definition) is 1. The third kappa shape index (κ3) is 5.13. The molecule has 146 valence electrons. The number of benzene rings is 1. The fourth-order valence-corrected chi connectivity index (χ4v) is 3.54. The van der Waals surface area contributed by atoms with Gasteiger partial charge in [-0.1, -0.05) is 6.92 Å². The van der Waals surface area contributed by atoms with Gasteiger partial charge in [0.2, 0.25) is 0 Å². The Bertz CT molecular complexity index is 777. The van der Waals surface area contributed by atoms with Gasteiger partial charge >= 0.3 is 0 Å². The molecule has 1 saturated heterocycles. The van der Waals surface area contributed by atoms with Crippen LogP contribution in [0.1, 0.15) is 47.8 Å². The zero-order chi connectivity index (χ0) is 19.4. The summed E-state index contributed by atoms with van der Waals surface area (Å²) in [6.45, 7) is 6.78. The average molecular weight is 376 g/mol. The maximum Gasteiger partial charge on any atom is 0.254 e. The number of piperidine rings is 1. The second-order valence-corrected chi connectivity index (χ2v) is 7.19. The zero-order valence-electron chi connectivity index (χ0n) is 15.8. The molecule has 1 aromatic carbocycles. The average Bonchev–Trinajstić information content (AvgIpc) is 2.97. The number of aromatic nitrogens is 2. The quantitative estimate of drug-likeness (QED) is 0.842. The minimum atomic E-state index is -0.550. The summed E-state index contributed by atoms with van der Waals surface area (Å²) in [6.07, 6.45) is 4.40. The molecule has 0 radical (unpaired) electrons. The molecular weight excluding hydrogens is 350 g/mol. The first-order chi connectivity index (χ1) is 12.9. The van der Waals surface area contributed by atoms with Crippen molar-refractivity contribution in [2.24, 2.45) is 0 Å². The van der Waals surface area contributed by atoms with Crippen molar-refractivity contribution in [3.05, 3.63) is 52.9 Å². The summed E-state index contributed by atoms with van der Waals surface area (Å²) in [5.41, 5.74) is 2.00. The lowest BCUT2D eigenvalue weighted by atomic mass is 10.0. The standard InChI is InChI=1S/C20H26F2N4O/c1-3-6-26-13-19(14(2)24-26)20(27)23-18-4-7-25(8-5-18)12-15-9-16(21)11-17(22)10-15/h9-11,13,18H,3-8,12H2,1-2H3,(H,23,27). The Labute approximate surface area is 158 Å². The summed E-state index contributed by atoms with van der Waals surface area (Å²) in [5, 5.41) is 7.47. The number of aryl methyl sites for hydroxylation is 2. The number of nitrogens with one attached hydrogen (secondary N) is 1. The van der Waals surface area contributed by atoms with E-state index in [-0.39, 0.29) is 11.9 Å². The molecule has 0 aliphatic carbocycles. The molecule has 2 heterocycles. The van der Waals surface area contributed by atoms with Gasteiger partial charge < -0.3 is 5.32 Å². The van der Waals surface area contributed by atoms with Crippen LogP contribution in [0.3, 0.4) is 0 Å². The number of carbonyl (C=O) groups is 1. The van der Waals surface area contributed by atoms with Crippen molar-refractivity contribution >= 4 is 5.91 Å². The fourth-order valence-electron chi connectivity index (χ4n) is 3.54. The molecule has 7 heteroatoms. The van der Waals surface area contributed by atoms with Crippen molar-refractivity contribution in [3.63, 3.8) is 0 Å². The predicted octanol–water partition coefficient (Wildman–Crippen LogP) is 3.27. The Kier molecular flexibility index (Phi) is 6.21. The summed E-state index contributed by atoms with van der Waals surface area (Å²) in [4.78, 5) is 14.7. The SMILES string of the molecule is CCCn1cc(C(=O)NC2CCN(Cc3cc(F)cc(F)c3)CC2)c(C)n1. The molecule has 1 N–H and O–H groups in total. The number of halogens is 2. The second kappa shape index (κ2) is 8.61. The predicted molar refractivity (Wildman–Crippen MR) is 99.4 cm³/mol. The van der Waals surface area contributed by atoms with E-state index in [4.69, 9.17) is 0 Å². The molecule has 0 saturated carbocycles. The van der Waals surface area contributed by atoms with Crippen LogP contribution in [0.25, 0.3) is 0 Å². The highest BCUT2D eigenvalue weighted by molar-refractivity contribution is 5.95. The van der Waals surface area contributed by atoms with Crippen LogP contribution in [0.2, 0.25) is 0 Å². The van der Waals surface area contributed by atoms with E-state index in [2.05, 4.69) is 22.2 Å². The van der Waals surface area contributed by atoms with Gasteiger partial charge in [0.1, 0.15) is 11.6 Å². The van der Waals surface area contributed by atoms with Crippen molar-refractivity contribution in [1.29, 1.82) is 0 Å². The molecule has 5 nitrogen and oxygen atoms in total. The summed E-state index contributed by atoms with van der Waals surface area (Å²) in [7, 11) is 0. The highest BCUT2D eigenvalue weighted by Crippen LogP contribution is 2.17. The van der Waals surface area contributed by atoms with E-state index in [9.17, 15) is 13.6 Å². The second-order valence-electron chi connectivity index (χ2n) is 7.19. The lowest BCUT2D eigenvalue weighted by Crippen LogP contribution is -2.44. The molecule has 1 amide bonds. The van der Waals surface area contributed by atoms with Crippen LogP contribution in [0.5, 0.6) is 0 Å². The maximum atomic E-state index is 13.3. The smallest absolute Gasteiger partial charge is 0.254 e. The van der Waals surface area contributed by atoms with Gasteiger partial charge in [0.15, 0.2) is 0 Å². The van der Waals surface area contributed by atoms with Gasteiger partial charge in [-0.05, 0) is 43.9 Å². The van der Waals surface area contributed by atoms with Crippen molar-refractivity contribution in [2.45, 2.75) is 52.2 Å². The van der Waals surface area contributed by atoms with Gasteiger partial charge in [0, 0.05) is 44.5 Å². The topological polar surface area (TPSA) is 50.2 Å². The molecule has 1 fully saturated rings. The molecule has 1 aliphatic rings. The molecule has 2 aromatic rings. The zero-order valence-corrected chi connectivity index (χ0v) is 15.8. The number of likely N-dealkylation sites (tertiary alicyclic amines) is 1. The van der Waals surface area contributed by atoms with Crippen molar-refractivity contribution < 1.29 is 13.6 Å². The summed E-state index contributed by atoms with van der Waals surface area (Å²) in [5.74, 6) is -1.18. The van der Waals surface area contributed by atoms with Crippen LogP contribution < -0.4 is 5.32 Å². The van der Waals surface area contributed by atoms with Crippen molar-refractivity contribution in [3.8, 4) is 0 Å². The first kappa shape index (κ1) is 19.5. The number of nitrogens with zero attached hydrogens (tertiary/aromatic N) is 3. The van der Waals surface area contributed by atoms with Crippen LogP contribution in [0.4, 0.5) is 8.78 Å². The van der Waals surface area contributed by atoms with Gasteiger partial charge in [0.05, 0.1) is 11.3 Å². The van der Waals surface area contributed by atoms with E-state index in [0.717, 1.165) is 50.7 Å². The molecule has 0 unspecified atom stereocenters. The molecule has 0 atom stereocenters. The number of amides is 1. The molecule has 0 bridgehead atoms. The number of hydrogen-bond acceptors (Lipinski definition) is 3. The Morgan fingerprint density at radius 1 is 1.22 bits per heavy atom. The molecule has 3 rings (SSSR count). The molecule has 1 aromatic heterocycles. The Morgan fingerprint density at radius 3 is 2.52 bits per heavy atom. The third-order valence-corrected chi connectivity index (χ3v) is 4.90. The van der Waals surface area contributed by atoms with Crippen molar-refractivity contribution in [1.82, 2.24) is 20.0 Å². The van der Waals surface area contributed by atoms with Gasteiger partial charge in [-0.15, -0.1) is 0 Å². The highest BCUT2D eigenvalue weighted by Gasteiger charge is 2.23. The molecule has 0 spiro atoms. The summed E-state index contributed by atoms with van der Waals surface area (Å²) < 4.78 is 28.4. The van der Waals surface area contributed by atoms with E-state index in [1.165, 1.54) is 12.1 Å². The molecule has 27 heavy (non-hydrogen) atoms. The fraction of sp³-hybridized carbons (Fsp3) is 0.500. The minimum absolute atomic E-state index is 0.0829. The van der Waals surface area contributed by atoms with E-state index >= 15 is 0 Å². The highest BCUT2D eigenvalue weighted by atomic mass is 19.1. The lowest BCUT2D eigenvalue weighted by Gasteiger charge is -2.32. The largest absolute Gasteiger partial charge is 0.349 e. The normalized spacial score (nSPS) is 15.9. The van der Waals surface area contributed by atoms with Gasteiger partial charge in [0.25, 0.3) is 5.91 Å². The third-order valence-electron chi connectivity index (χ3n) is 4.90. The first-order valence-electron chi connectivity index (χ1n) is 9.47. The van der Waals surface area contributed by atoms with Crippen LogP contribution in [0.15, 0.2) is 24.4 Å². The van der Waals surface area contributed by atoms with E-state index in [0.29, 0.717) is 17.7 Å². The molecule has 1 aliphatic heterocycles. The van der Waals surface area contributed by atoms with Gasteiger partial charge in [-0.25, -0.2) is 8.78 Å². The van der Waals surface area contributed by atoms with Gasteiger partial charge in [-0.3, -0.25) is 14.4 Å². The Hall–Kier alpha value is -2.28. The number of rotatable bonds is 6. The lowest BCUT2D eigenvalue weighted by molar-refractivity contribution is 0.0908. The van der Waals surface area contributed by atoms with Crippen LogP contribution in [-0.2, 0) is 13.1 Å². The van der Waals surface area contributed by atoms with E-state index in [1.54, 1.807) is 0 Å². The van der Waals surface area contributed by atoms with E-state index < -0.39 is 11.6 Å². The first-order valence-corrected chi connectivity index (χ1v) is 9.47. The molecular formula is C20H26F2N4O.